The number of nitrogens with one attached hydrogen (secondary N) is 1. The van der Waals surface area contributed by atoms with Crippen LogP contribution in [-0.4, -0.2) is 34.9 Å². The summed E-state index contributed by atoms with van der Waals surface area (Å²) in [4.78, 5) is 30.0. The van der Waals surface area contributed by atoms with Crippen LogP contribution in [0.15, 0.2) is 64.5 Å². The number of rotatable bonds is 9. The van der Waals surface area contributed by atoms with E-state index in [1.807, 2.05) is 55.5 Å². The Labute approximate surface area is 174 Å². The SMILES string of the molecule is COCCCn1c(SCC(=O)NC(C)c2ccccc2)nc2ccccc2c1=O. The maximum atomic E-state index is 12.9. The molecule has 1 amide bonds. The summed E-state index contributed by atoms with van der Waals surface area (Å²) in [6.07, 6.45) is 0.696. The summed E-state index contributed by atoms with van der Waals surface area (Å²) in [7, 11) is 1.63. The number of thioether (sulfide) groups is 1. The lowest BCUT2D eigenvalue weighted by molar-refractivity contribution is -0.119. The van der Waals surface area contributed by atoms with Gasteiger partial charge in [0.05, 0.1) is 22.7 Å². The van der Waals surface area contributed by atoms with Crippen molar-refractivity contribution in [3.05, 3.63) is 70.5 Å². The van der Waals surface area contributed by atoms with Crippen LogP contribution in [0, 0.1) is 0 Å². The van der Waals surface area contributed by atoms with Crippen molar-refractivity contribution < 1.29 is 9.53 Å². The van der Waals surface area contributed by atoms with Gasteiger partial charge in [0.1, 0.15) is 0 Å². The Balaban J connectivity index is 1.75. The van der Waals surface area contributed by atoms with Gasteiger partial charge in [-0.15, -0.1) is 0 Å². The first-order valence-electron chi connectivity index (χ1n) is 9.55. The van der Waals surface area contributed by atoms with Gasteiger partial charge in [-0.2, -0.15) is 0 Å². The second kappa shape index (κ2) is 10.2. The van der Waals surface area contributed by atoms with E-state index in [0.29, 0.717) is 35.6 Å². The Bertz CT molecular complexity index is 1020. The van der Waals surface area contributed by atoms with E-state index in [0.717, 1.165) is 5.56 Å². The molecule has 1 heterocycles. The fourth-order valence-corrected chi connectivity index (χ4v) is 3.90. The Morgan fingerprint density at radius 2 is 1.90 bits per heavy atom. The van der Waals surface area contributed by atoms with Crippen LogP contribution >= 0.6 is 11.8 Å². The van der Waals surface area contributed by atoms with Gasteiger partial charge in [-0.25, -0.2) is 4.98 Å². The number of hydrogen-bond donors (Lipinski definition) is 1. The molecule has 2 aromatic carbocycles. The fourth-order valence-electron chi connectivity index (χ4n) is 3.06. The number of para-hydroxylation sites is 1. The highest BCUT2D eigenvalue weighted by Gasteiger charge is 2.14. The van der Waals surface area contributed by atoms with E-state index in [9.17, 15) is 9.59 Å². The van der Waals surface area contributed by atoms with Gasteiger partial charge < -0.3 is 10.1 Å². The van der Waals surface area contributed by atoms with Crippen LogP contribution in [0.2, 0.25) is 0 Å². The van der Waals surface area contributed by atoms with Crippen LogP contribution in [0.1, 0.15) is 24.9 Å². The number of ether oxygens (including phenoxy) is 1. The first-order valence-corrected chi connectivity index (χ1v) is 10.5. The second-order valence-electron chi connectivity index (χ2n) is 6.70. The monoisotopic (exact) mass is 411 g/mol. The van der Waals surface area contributed by atoms with E-state index in [2.05, 4.69) is 10.3 Å². The molecule has 0 aliphatic carbocycles. The molecule has 7 heteroatoms. The van der Waals surface area contributed by atoms with E-state index in [1.165, 1.54) is 11.8 Å². The van der Waals surface area contributed by atoms with Crippen molar-refractivity contribution in [1.82, 2.24) is 14.9 Å². The van der Waals surface area contributed by atoms with E-state index in [-0.39, 0.29) is 23.3 Å². The molecule has 152 valence electrons. The molecule has 0 spiro atoms. The minimum Gasteiger partial charge on any atom is -0.385 e. The Hall–Kier alpha value is -2.64. The standard InChI is InChI=1S/C22H25N3O3S/c1-16(17-9-4-3-5-10-17)23-20(26)15-29-22-24-19-12-7-6-11-18(19)21(27)25(22)13-8-14-28-2/h3-7,9-12,16H,8,13-15H2,1-2H3,(H,23,26). The van der Waals surface area contributed by atoms with E-state index in [4.69, 9.17) is 4.74 Å². The summed E-state index contributed by atoms with van der Waals surface area (Å²) < 4.78 is 6.75. The van der Waals surface area contributed by atoms with Crippen molar-refractivity contribution in [2.45, 2.75) is 31.1 Å². The smallest absolute Gasteiger partial charge is 0.262 e. The molecule has 1 atom stereocenters. The maximum Gasteiger partial charge on any atom is 0.262 e. The third-order valence-corrected chi connectivity index (χ3v) is 5.54. The highest BCUT2D eigenvalue weighted by Crippen LogP contribution is 2.19. The van der Waals surface area contributed by atoms with Crippen molar-refractivity contribution in [3.8, 4) is 0 Å². The zero-order valence-electron chi connectivity index (χ0n) is 16.6. The predicted molar refractivity (Wildman–Crippen MR) is 116 cm³/mol. The molecule has 0 aliphatic heterocycles. The molecular formula is C22H25N3O3S. The van der Waals surface area contributed by atoms with Gasteiger partial charge in [-0.3, -0.25) is 14.2 Å². The lowest BCUT2D eigenvalue weighted by Crippen LogP contribution is -2.29. The lowest BCUT2D eigenvalue weighted by Gasteiger charge is -2.15. The molecule has 6 nitrogen and oxygen atoms in total. The van der Waals surface area contributed by atoms with Gasteiger partial charge in [0, 0.05) is 20.3 Å². The number of hydrogen-bond acceptors (Lipinski definition) is 5. The zero-order chi connectivity index (χ0) is 20.6. The van der Waals surface area contributed by atoms with Crippen LogP contribution in [0.5, 0.6) is 0 Å². The fraction of sp³-hybridized carbons (Fsp3) is 0.318. The number of carbonyl (C=O) groups is 1. The van der Waals surface area contributed by atoms with Crippen molar-refractivity contribution in [3.63, 3.8) is 0 Å². The van der Waals surface area contributed by atoms with Crippen molar-refractivity contribution in [1.29, 1.82) is 0 Å². The second-order valence-corrected chi connectivity index (χ2v) is 7.65. The van der Waals surface area contributed by atoms with Gasteiger partial charge in [-0.05, 0) is 31.0 Å². The molecule has 3 aromatic rings. The molecule has 0 bridgehead atoms. The minimum atomic E-state index is -0.0998. The van der Waals surface area contributed by atoms with Crippen LogP contribution in [0.25, 0.3) is 10.9 Å². The Morgan fingerprint density at radius 3 is 2.66 bits per heavy atom. The average Bonchev–Trinajstić information content (AvgIpc) is 2.74. The van der Waals surface area contributed by atoms with E-state index < -0.39 is 0 Å². The number of aromatic nitrogens is 2. The minimum absolute atomic E-state index is 0.0854. The average molecular weight is 412 g/mol. The summed E-state index contributed by atoms with van der Waals surface area (Å²) in [5.74, 6) is 0.0869. The van der Waals surface area contributed by atoms with Gasteiger partial charge in [-0.1, -0.05) is 54.2 Å². The third kappa shape index (κ3) is 5.46. The quantitative estimate of drug-likeness (QED) is 0.332. The molecule has 0 fully saturated rings. The third-order valence-electron chi connectivity index (χ3n) is 4.57. The number of nitrogens with zero attached hydrogens (tertiary/aromatic N) is 2. The van der Waals surface area contributed by atoms with Gasteiger partial charge in [0.25, 0.3) is 5.56 Å². The number of methoxy groups -OCH3 is 1. The first-order chi connectivity index (χ1) is 14.1. The largest absolute Gasteiger partial charge is 0.385 e. The zero-order valence-corrected chi connectivity index (χ0v) is 17.4. The normalized spacial score (nSPS) is 12.1. The Kier molecular flexibility index (Phi) is 7.43. The summed E-state index contributed by atoms with van der Waals surface area (Å²) in [6.45, 7) is 3.00. The van der Waals surface area contributed by atoms with Crippen LogP contribution in [0.4, 0.5) is 0 Å². The molecule has 3 rings (SSSR count). The molecule has 0 aliphatic rings. The van der Waals surface area contributed by atoms with E-state index >= 15 is 0 Å². The lowest BCUT2D eigenvalue weighted by atomic mass is 10.1. The molecule has 1 aromatic heterocycles. The van der Waals surface area contributed by atoms with Crippen LogP contribution in [0.3, 0.4) is 0 Å². The van der Waals surface area contributed by atoms with E-state index in [1.54, 1.807) is 17.7 Å². The van der Waals surface area contributed by atoms with Crippen molar-refractivity contribution in [2.24, 2.45) is 0 Å². The predicted octanol–water partition coefficient (Wildman–Crippen LogP) is 3.40. The summed E-state index contributed by atoms with van der Waals surface area (Å²) in [5, 5.41) is 4.12. The summed E-state index contributed by atoms with van der Waals surface area (Å²) in [6, 6.07) is 17.0. The van der Waals surface area contributed by atoms with Crippen LogP contribution < -0.4 is 10.9 Å². The van der Waals surface area contributed by atoms with Gasteiger partial charge >= 0.3 is 0 Å². The molecule has 29 heavy (non-hydrogen) atoms. The summed E-state index contributed by atoms with van der Waals surface area (Å²) >= 11 is 1.28. The molecule has 1 unspecified atom stereocenters. The van der Waals surface area contributed by atoms with Crippen molar-refractivity contribution >= 4 is 28.6 Å². The maximum absolute atomic E-state index is 12.9. The molecule has 0 saturated heterocycles. The first kappa shape index (κ1) is 21.1. The van der Waals surface area contributed by atoms with Crippen molar-refractivity contribution in [2.75, 3.05) is 19.5 Å². The topological polar surface area (TPSA) is 73.2 Å². The summed E-state index contributed by atoms with van der Waals surface area (Å²) in [5.41, 5.74) is 1.60. The Morgan fingerprint density at radius 1 is 1.17 bits per heavy atom. The highest BCUT2D eigenvalue weighted by atomic mass is 32.2. The molecular weight excluding hydrogens is 386 g/mol. The molecule has 1 N–H and O–H groups in total. The van der Waals surface area contributed by atoms with Gasteiger partial charge in [0.2, 0.25) is 5.91 Å². The molecule has 0 radical (unpaired) electrons. The number of amides is 1. The number of carbonyl (C=O) groups excluding carboxylic acids is 1. The number of fused-ring (bicyclic) bond motifs is 1. The number of benzene rings is 2. The van der Waals surface area contributed by atoms with Crippen LogP contribution in [-0.2, 0) is 16.1 Å². The van der Waals surface area contributed by atoms with Gasteiger partial charge in [0.15, 0.2) is 5.16 Å². The molecule has 0 saturated carbocycles. The highest BCUT2D eigenvalue weighted by molar-refractivity contribution is 7.99.